The highest BCUT2D eigenvalue weighted by Crippen LogP contribution is 2.64. The lowest BCUT2D eigenvalue weighted by atomic mass is 9.44. The van der Waals surface area contributed by atoms with Crippen LogP contribution >= 0.6 is 11.6 Å². The van der Waals surface area contributed by atoms with Crippen LogP contribution in [-0.4, -0.2) is 190 Å². The molecule has 4 aromatic carbocycles. The topological polar surface area (TPSA) is 431 Å². The fourth-order valence-electron chi connectivity index (χ4n) is 16.1. The number of fused-ring (bicyclic) bond motifs is 5. The number of aliphatic hydroxyl groups is 2. The zero-order chi connectivity index (χ0) is 82.7. The number of esters is 5. The van der Waals surface area contributed by atoms with Crippen LogP contribution in [0.4, 0.5) is 4.79 Å². The first-order valence-corrected chi connectivity index (χ1v) is 39.0. The summed E-state index contributed by atoms with van der Waals surface area (Å²) in [5.41, 5.74) is -6.30. The van der Waals surface area contributed by atoms with Gasteiger partial charge in [0.05, 0.1) is 35.3 Å². The summed E-state index contributed by atoms with van der Waals surface area (Å²) in [5.74, 6) is -12.2. The van der Waals surface area contributed by atoms with Gasteiger partial charge < -0.3 is 74.8 Å². The molecule has 2 bridgehead atoms. The fourth-order valence-corrected chi connectivity index (χ4v) is 16.3. The minimum absolute atomic E-state index is 0.0203. The minimum Gasteiger partial charge on any atom is -0.481 e. The van der Waals surface area contributed by atoms with Gasteiger partial charge in [-0.25, -0.2) is 24.0 Å². The molecule has 1 aromatic heterocycles. The smallest absolute Gasteiger partial charge is 0.350 e. The van der Waals surface area contributed by atoms with Crippen molar-refractivity contribution in [3.63, 3.8) is 0 Å². The summed E-state index contributed by atoms with van der Waals surface area (Å²) in [5, 5.41) is 71.1. The molecule has 8 N–H and O–H groups in total. The number of halogens is 1. The zero-order valence-corrected chi connectivity index (χ0v) is 65.6. The van der Waals surface area contributed by atoms with Gasteiger partial charge in [-0.05, 0) is 124 Å². The molecule has 4 aliphatic rings. The van der Waals surface area contributed by atoms with Gasteiger partial charge >= 0.3 is 53.8 Å². The molecule has 9 rings (SSSR count). The van der Waals surface area contributed by atoms with E-state index in [1.165, 1.54) is 26.0 Å². The Morgan fingerprint density at radius 3 is 1.89 bits per heavy atom. The van der Waals surface area contributed by atoms with E-state index in [9.17, 15) is 68.4 Å². The second-order valence-electron chi connectivity index (χ2n) is 30.5. The van der Waals surface area contributed by atoms with Crippen LogP contribution in [0, 0.1) is 16.7 Å². The van der Waals surface area contributed by atoms with Gasteiger partial charge in [0.25, 0.3) is 5.91 Å². The standard InChI is InChI=1S/C83H102ClN7O23/c1-50-61(46-83(108)73(113-77(105)56-31-20-15-21-32-56)71-81(6,62(94)45-63-82(71,49-109-63)114-52(3)93)72(99)69(110-51(2)92)67(50)80(83,4)5)111-78(106)70(68(54-27-16-13-17-28-54)87-74(100)55-29-18-14-19-30-55)112-66(98)36-26-33-58-48-91(89-88-58)44-24-12-10-8-7-9-11-22-35-64(95)90(47-53-37-39-57(84)40-38-53)43-25-23-34-59(75(101)102)85-79(107)86-60(76(103)104)41-42-65(96)97/h13-21,27-32,37-40,48,59-63,68-71,73,94,108H,7-12,22-26,33-36,41-47,49H2,1-6H3,(H,87,100)(H,96,97)(H,101,102)(H,103,104)(H2,85,86,107)/t59-,60-,61-,62-,63+,68-,69+,70+,71-,73-,81+,82-,83+/m0/s1. The molecule has 2 saturated carbocycles. The molecule has 2 heterocycles. The summed E-state index contributed by atoms with van der Waals surface area (Å²) in [4.78, 5) is 164. The maximum absolute atomic E-state index is 16.0. The molecular formula is C83H102ClN7O23. The van der Waals surface area contributed by atoms with E-state index in [1.807, 2.05) is 12.1 Å². The van der Waals surface area contributed by atoms with E-state index >= 15 is 9.59 Å². The van der Waals surface area contributed by atoms with E-state index in [4.69, 9.17) is 45.1 Å². The number of carbonyl (C=O) groups excluding carboxylic acids is 9. The molecule has 31 heteroatoms. The van der Waals surface area contributed by atoms with Gasteiger partial charge in [-0.15, -0.1) is 5.10 Å². The van der Waals surface area contributed by atoms with E-state index in [0.29, 0.717) is 61.6 Å². The van der Waals surface area contributed by atoms with Gasteiger partial charge in [0.2, 0.25) is 12.0 Å². The number of benzene rings is 4. The van der Waals surface area contributed by atoms with E-state index < -0.39 is 167 Å². The summed E-state index contributed by atoms with van der Waals surface area (Å²) in [6.45, 7) is 8.99. The Bertz CT molecular complexity index is 4280. The van der Waals surface area contributed by atoms with E-state index in [0.717, 1.165) is 64.4 Å². The second-order valence-corrected chi connectivity index (χ2v) is 30.9. The summed E-state index contributed by atoms with van der Waals surface area (Å²) in [7, 11) is 0. The number of aliphatic carboxylic acids is 3. The summed E-state index contributed by atoms with van der Waals surface area (Å²) >= 11 is 6.13. The van der Waals surface area contributed by atoms with Crippen LogP contribution in [0.3, 0.4) is 0 Å². The number of hydrogen-bond acceptors (Lipinski definition) is 22. The molecule has 0 spiro atoms. The predicted molar refractivity (Wildman–Crippen MR) is 408 cm³/mol. The van der Waals surface area contributed by atoms with Crippen LogP contribution in [0.5, 0.6) is 0 Å². The van der Waals surface area contributed by atoms with Crippen LogP contribution in [0.1, 0.15) is 201 Å². The van der Waals surface area contributed by atoms with Crippen molar-refractivity contribution in [1.82, 2.24) is 35.8 Å². The fraction of sp³-hybridized carbons (Fsp3) is 0.518. The molecule has 0 unspecified atom stereocenters. The van der Waals surface area contributed by atoms with Gasteiger partial charge in [0.15, 0.2) is 17.5 Å². The molecule has 1 saturated heterocycles. The average molecular weight is 1600 g/mol. The molecule has 0 radical (unpaired) electrons. The van der Waals surface area contributed by atoms with Crippen molar-refractivity contribution in [3.05, 3.63) is 166 Å². The first-order valence-electron chi connectivity index (χ1n) is 38.6. The van der Waals surface area contributed by atoms with Crippen molar-refractivity contribution >= 4 is 83.0 Å². The first kappa shape index (κ1) is 87.5. The van der Waals surface area contributed by atoms with Crippen LogP contribution in [0.15, 0.2) is 133 Å². The Kier molecular flexibility index (Phi) is 30.4. The third-order valence-corrected chi connectivity index (χ3v) is 22.6. The predicted octanol–water partition coefficient (Wildman–Crippen LogP) is 9.33. The number of ketones is 1. The SMILES string of the molecule is CC(=O)O[C@H]1C(=O)[C@@]2(C)[C@H]([C@H](OC(=O)c3ccccc3)[C@]3(O)C[C@H](OC(=O)[C@H](OC(=O)CCCc4cn(CCCCCCCCCCC(=O)N(CCCC[C@H](NC(=O)N[C@@H](CCC(=O)O)C(=O)O)C(=O)O)Cc5ccc(Cl)cc5)nn4)[C@@H](NC(=O)c4ccccc4)c4ccccc4)C(C)=C1C3(C)C)[C@]1(OC(C)=O)CO[C@@H]1C[C@@H]2O. The molecule has 30 nitrogen and oxygen atoms in total. The lowest BCUT2D eigenvalue weighted by Crippen LogP contribution is -2.82. The number of aryl methyl sites for hydroxylation is 2. The molecule has 13 atom stereocenters. The van der Waals surface area contributed by atoms with E-state index in [-0.39, 0.29) is 66.9 Å². The Hall–Kier alpha value is -10.4. The van der Waals surface area contributed by atoms with Gasteiger partial charge in [0, 0.05) is 87.8 Å². The van der Waals surface area contributed by atoms with E-state index in [2.05, 4.69) is 26.3 Å². The Morgan fingerprint density at radius 2 is 1.30 bits per heavy atom. The number of rotatable bonds is 40. The lowest BCUT2D eigenvalue weighted by molar-refractivity contribution is -0.346. The molecule has 614 valence electrons. The molecule has 4 amide bonds. The van der Waals surface area contributed by atoms with Crippen molar-refractivity contribution in [1.29, 1.82) is 0 Å². The van der Waals surface area contributed by atoms with Gasteiger partial charge in [0.1, 0.15) is 42.0 Å². The van der Waals surface area contributed by atoms with E-state index in [1.54, 1.807) is 121 Å². The van der Waals surface area contributed by atoms with Gasteiger partial charge in [-0.1, -0.05) is 148 Å². The summed E-state index contributed by atoms with van der Waals surface area (Å²) in [6, 6.07) is 25.8. The first-order chi connectivity index (χ1) is 54.3. The normalized spacial score (nSPS) is 23.0. The number of hydrogen-bond donors (Lipinski definition) is 8. The number of ether oxygens (including phenoxy) is 6. The number of urea groups is 1. The third-order valence-electron chi connectivity index (χ3n) is 22.3. The largest absolute Gasteiger partial charge is 0.481 e. The maximum Gasteiger partial charge on any atom is 0.350 e. The quantitative estimate of drug-likeness (QED) is 0.00783. The molecule has 1 aliphatic heterocycles. The number of Topliss-reactive ketones (excluding diaryl/α,β-unsaturated/α-hetero) is 1. The van der Waals surface area contributed by atoms with Crippen molar-refractivity contribution < 1.29 is 111 Å². The summed E-state index contributed by atoms with van der Waals surface area (Å²) in [6.07, 6.45) is -2.10. The van der Waals surface area contributed by atoms with Crippen molar-refractivity contribution in [2.75, 3.05) is 13.2 Å². The number of carbonyl (C=O) groups is 12. The average Bonchev–Trinajstić information content (AvgIpc) is 0.683. The molecular weight excluding hydrogens is 1500 g/mol. The monoisotopic (exact) mass is 1600 g/mol. The Balaban J connectivity index is 0.823. The van der Waals surface area contributed by atoms with Crippen molar-refractivity contribution in [2.24, 2.45) is 16.7 Å². The molecule has 3 aliphatic carbocycles. The number of amides is 4. The number of carboxylic acids is 3. The number of carboxylic acid groups (broad SMARTS) is 3. The highest BCUT2D eigenvalue weighted by molar-refractivity contribution is 6.30. The number of nitrogens with one attached hydrogen (secondary N) is 3. The molecule has 114 heavy (non-hydrogen) atoms. The van der Waals surface area contributed by atoms with Crippen LogP contribution < -0.4 is 16.0 Å². The summed E-state index contributed by atoms with van der Waals surface area (Å²) < 4.78 is 39.1. The Morgan fingerprint density at radius 1 is 0.693 bits per heavy atom. The number of aromatic nitrogens is 3. The van der Waals surface area contributed by atoms with Crippen LogP contribution in [-0.2, 0) is 91.1 Å². The highest BCUT2D eigenvalue weighted by Gasteiger charge is 2.78. The van der Waals surface area contributed by atoms with Crippen LogP contribution in [0.2, 0.25) is 5.02 Å². The number of aliphatic hydroxyl groups excluding tert-OH is 1. The Labute approximate surface area is 665 Å². The van der Waals surface area contributed by atoms with Gasteiger partial charge in [-0.3, -0.25) is 38.2 Å². The van der Waals surface area contributed by atoms with Crippen molar-refractivity contribution in [2.45, 2.75) is 243 Å². The van der Waals surface area contributed by atoms with Crippen LogP contribution in [0.25, 0.3) is 0 Å². The number of unbranched alkanes of at least 4 members (excludes halogenated alkanes) is 8. The second kappa shape index (κ2) is 39.5. The number of nitrogens with zero attached hydrogens (tertiary/aromatic N) is 4. The maximum atomic E-state index is 16.0. The third kappa shape index (κ3) is 21.5. The molecule has 3 fully saturated rings. The minimum atomic E-state index is -2.52. The zero-order valence-electron chi connectivity index (χ0n) is 64.8. The van der Waals surface area contributed by atoms with Crippen molar-refractivity contribution in [3.8, 4) is 0 Å². The van der Waals surface area contributed by atoms with Gasteiger partial charge in [-0.2, -0.15) is 0 Å². The lowest BCUT2D eigenvalue weighted by Gasteiger charge is -2.67. The molecule has 5 aromatic rings. The highest BCUT2D eigenvalue weighted by atomic mass is 35.5.